The zero-order chi connectivity index (χ0) is 14.2. The Hall–Kier alpha value is -2.42. The minimum Gasteiger partial charge on any atom is -0.392 e. The van der Waals surface area contributed by atoms with Gasteiger partial charge in [0.2, 0.25) is 0 Å². The van der Waals surface area contributed by atoms with Crippen molar-refractivity contribution in [3.8, 4) is 0 Å². The maximum absolute atomic E-state index is 11.8. The summed E-state index contributed by atoms with van der Waals surface area (Å²) in [6, 6.07) is 19.2. The second kappa shape index (κ2) is 4.60. The average molecular weight is 266 g/mol. The van der Waals surface area contributed by atoms with Crippen molar-refractivity contribution >= 4 is 11.9 Å². The van der Waals surface area contributed by atoms with Gasteiger partial charge in [-0.3, -0.25) is 9.59 Å². The van der Waals surface area contributed by atoms with Gasteiger partial charge in [-0.15, -0.1) is 0 Å². The molecule has 0 N–H and O–H groups in total. The first kappa shape index (κ1) is 12.6. The maximum Gasteiger partial charge on any atom is 0.329 e. The third-order valence-electron chi connectivity index (χ3n) is 4.00. The predicted octanol–water partition coefficient (Wildman–Crippen LogP) is 2.69. The third kappa shape index (κ3) is 1.74. The Balaban J connectivity index is 2.18. The third-order valence-corrected chi connectivity index (χ3v) is 4.00. The molecule has 1 fully saturated rings. The number of ether oxygens (including phenoxy) is 1. The molecule has 3 rings (SSSR count). The number of esters is 2. The minimum absolute atomic E-state index is 0.454. The Morgan fingerprint density at radius 2 is 1.20 bits per heavy atom. The Bertz CT molecular complexity index is 593. The van der Waals surface area contributed by atoms with E-state index in [0.29, 0.717) is 0 Å². The van der Waals surface area contributed by atoms with E-state index in [-0.39, 0.29) is 0 Å². The number of carbonyl (C=O) groups is 2. The maximum atomic E-state index is 11.8. The van der Waals surface area contributed by atoms with Crippen molar-refractivity contribution in [2.75, 3.05) is 0 Å². The molecule has 3 nitrogen and oxygen atoms in total. The van der Waals surface area contributed by atoms with E-state index in [0.717, 1.165) is 11.1 Å². The first-order valence-corrected chi connectivity index (χ1v) is 6.50. The zero-order valence-corrected chi connectivity index (χ0v) is 11.1. The van der Waals surface area contributed by atoms with Crippen LogP contribution >= 0.6 is 0 Å². The molecule has 0 spiro atoms. The summed E-state index contributed by atoms with van der Waals surface area (Å²) in [5, 5.41) is 0. The smallest absolute Gasteiger partial charge is 0.329 e. The van der Waals surface area contributed by atoms with Crippen LogP contribution in [-0.2, 0) is 19.7 Å². The molecule has 0 unspecified atom stereocenters. The lowest BCUT2D eigenvalue weighted by atomic mass is 9.66. The van der Waals surface area contributed by atoms with E-state index in [2.05, 4.69) is 4.74 Å². The summed E-state index contributed by atoms with van der Waals surface area (Å²) in [6.07, 6.45) is 0. The molecule has 1 aliphatic rings. The summed E-state index contributed by atoms with van der Waals surface area (Å²) in [4.78, 5) is 23.6. The number of rotatable bonds is 3. The van der Waals surface area contributed by atoms with Crippen molar-refractivity contribution in [3.05, 3.63) is 71.8 Å². The van der Waals surface area contributed by atoms with Gasteiger partial charge in [-0.2, -0.15) is 0 Å². The van der Waals surface area contributed by atoms with Crippen LogP contribution in [0.25, 0.3) is 0 Å². The molecule has 0 aromatic heterocycles. The van der Waals surface area contributed by atoms with E-state index in [1.54, 1.807) is 0 Å². The van der Waals surface area contributed by atoms with E-state index in [4.69, 9.17) is 0 Å². The molecule has 1 aliphatic heterocycles. The fraction of sp³-hybridized carbons (Fsp3) is 0.176. The van der Waals surface area contributed by atoms with Crippen molar-refractivity contribution in [2.45, 2.75) is 12.3 Å². The SMILES string of the molecule is CC(c1ccccc1)(c1ccccc1)C1C(=O)OC1=O. The highest BCUT2D eigenvalue weighted by Crippen LogP contribution is 2.43. The van der Waals surface area contributed by atoms with Crippen molar-refractivity contribution in [1.29, 1.82) is 0 Å². The standard InChI is InChI=1S/C17H14O3/c1-17(12-8-4-2-5-9-12,13-10-6-3-7-11-13)14-15(18)20-16(14)19/h2-11,14H,1H3. The Labute approximate surface area is 117 Å². The van der Waals surface area contributed by atoms with Crippen molar-refractivity contribution < 1.29 is 14.3 Å². The van der Waals surface area contributed by atoms with Crippen LogP contribution in [0.2, 0.25) is 0 Å². The molecule has 0 radical (unpaired) electrons. The van der Waals surface area contributed by atoms with E-state index in [9.17, 15) is 9.59 Å². The number of hydrogen-bond acceptors (Lipinski definition) is 3. The van der Waals surface area contributed by atoms with Gasteiger partial charge in [-0.25, -0.2) is 0 Å². The molecule has 0 bridgehead atoms. The van der Waals surface area contributed by atoms with Crippen LogP contribution in [0.5, 0.6) is 0 Å². The lowest BCUT2D eigenvalue weighted by Gasteiger charge is -2.39. The largest absolute Gasteiger partial charge is 0.392 e. The highest BCUT2D eigenvalue weighted by molar-refractivity contribution is 6.11. The topological polar surface area (TPSA) is 43.4 Å². The van der Waals surface area contributed by atoms with E-state index in [1.807, 2.05) is 67.6 Å². The van der Waals surface area contributed by atoms with Crippen LogP contribution < -0.4 is 0 Å². The summed E-state index contributed by atoms with van der Waals surface area (Å²) < 4.78 is 4.56. The van der Waals surface area contributed by atoms with Crippen LogP contribution in [0.15, 0.2) is 60.7 Å². The van der Waals surface area contributed by atoms with Gasteiger partial charge in [0.15, 0.2) is 5.92 Å². The lowest BCUT2D eigenvalue weighted by Crippen LogP contribution is -2.53. The molecule has 1 heterocycles. The van der Waals surface area contributed by atoms with Crippen molar-refractivity contribution in [3.63, 3.8) is 0 Å². The molecule has 2 aromatic rings. The molecule has 2 aromatic carbocycles. The second-order valence-electron chi connectivity index (χ2n) is 5.11. The fourth-order valence-electron chi connectivity index (χ4n) is 2.80. The summed E-state index contributed by atoms with van der Waals surface area (Å²) in [6.45, 7) is 1.92. The van der Waals surface area contributed by atoms with Crippen LogP contribution in [0, 0.1) is 5.92 Å². The highest BCUT2D eigenvalue weighted by atomic mass is 16.6. The monoisotopic (exact) mass is 266 g/mol. The lowest BCUT2D eigenvalue weighted by molar-refractivity contribution is -0.187. The van der Waals surface area contributed by atoms with Gasteiger partial charge in [0.1, 0.15) is 0 Å². The number of benzene rings is 2. The summed E-state index contributed by atoms with van der Waals surface area (Å²) in [7, 11) is 0. The van der Waals surface area contributed by atoms with E-state index < -0.39 is 23.3 Å². The van der Waals surface area contributed by atoms with Gasteiger partial charge in [0, 0.05) is 5.41 Å². The normalized spacial score (nSPS) is 15.7. The molecule has 0 amide bonds. The number of carbonyl (C=O) groups excluding carboxylic acids is 2. The molecule has 0 atom stereocenters. The molecule has 3 heteroatoms. The average Bonchev–Trinajstić information content (AvgIpc) is 2.48. The fourth-order valence-corrected chi connectivity index (χ4v) is 2.80. The Morgan fingerprint density at radius 1 is 0.800 bits per heavy atom. The van der Waals surface area contributed by atoms with Gasteiger partial charge in [-0.05, 0) is 18.1 Å². The summed E-state index contributed by atoms with van der Waals surface area (Å²) in [5.41, 5.74) is 1.16. The first-order chi connectivity index (χ1) is 9.64. The van der Waals surface area contributed by atoms with E-state index >= 15 is 0 Å². The van der Waals surface area contributed by atoms with Crippen LogP contribution in [-0.4, -0.2) is 11.9 Å². The first-order valence-electron chi connectivity index (χ1n) is 6.50. The van der Waals surface area contributed by atoms with Gasteiger partial charge >= 0.3 is 11.9 Å². The molecule has 0 aliphatic carbocycles. The van der Waals surface area contributed by atoms with Crippen LogP contribution in [0.1, 0.15) is 18.1 Å². The Kier molecular flexibility index (Phi) is 2.90. The van der Waals surface area contributed by atoms with Crippen molar-refractivity contribution in [2.24, 2.45) is 5.92 Å². The van der Waals surface area contributed by atoms with Crippen LogP contribution in [0.4, 0.5) is 0 Å². The molecule has 0 saturated carbocycles. The molecule has 1 saturated heterocycles. The van der Waals surface area contributed by atoms with Gasteiger partial charge < -0.3 is 4.74 Å². The van der Waals surface area contributed by atoms with E-state index in [1.165, 1.54) is 0 Å². The summed E-state index contributed by atoms with van der Waals surface area (Å²) >= 11 is 0. The predicted molar refractivity (Wildman–Crippen MR) is 73.9 cm³/mol. The van der Waals surface area contributed by atoms with Gasteiger partial charge in [0.05, 0.1) is 0 Å². The number of cyclic esters (lactones) is 2. The van der Waals surface area contributed by atoms with Crippen molar-refractivity contribution in [1.82, 2.24) is 0 Å². The minimum atomic E-state index is -0.771. The van der Waals surface area contributed by atoms with Gasteiger partial charge in [-0.1, -0.05) is 60.7 Å². The quantitative estimate of drug-likeness (QED) is 0.633. The Morgan fingerprint density at radius 3 is 1.55 bits per heavy atom. The molecular formula is C17H14O3. The highest BCUT2D eigenvalue weighted by Gasteiger charge is 2.55. The molecular weight excluding hydrogens is 252 g/mol. The number of hydrogen-bond donors (Lipinski definition) is 0. The van der Waals surface area contributed by atoms with Crippen LogP contribution in [0.3, 0.4) is 0 Å². The summed E-state index contributed by atoms with van der Waals surface area (Å²) in [5.74, 6) is -1.68. The zero-order valence-electron chi connectivity index (χ0n) is 11.1. The second-order valence-corrected chi connectivity index (χ2v) is 5.11. The molecule has 100 valence electrons. The van der Waals surface area contributed by atoms with Gasteiger partial charge in [0.25, 0.3) is 0 Å². The molecule has 20 heavy (non-hydrogen) atoms.